The molecule has 1 fully saturated rings. The highest BCUT2D eigenvalue weighted by Crippen LogP contribution is 2.07. The minimum absolute atomic E-state index is 0.183. The fourth-order valence-electron chi connectivity index (χ4n) is 1.92. The van der Waals surface area contributed by atoms with Gasteiger partial charge in [-0.05, 0) is 5.56 Å². The van der Waals surface area contributed by atoms with E-state index in [-0.39, 0.29) is 6.23 Å². The van der Waals surface area contributed by atoms with Crippen molar-refractivity contribution in [1.29, 1.82) is 0 Å². The fourth-order valence-corrected chi connectivity index (χ4v) is 1.92. The predicted octanol–water partition coefficient (Wildman–Crippen LogP) is 1.06. The zero-order valence-electron chi connectivity index (χ0n) is 9.15. The summed E-state index contributed by atoms with van der Waals surface area (Å²) in [5.41, 5.74) is 1.37. The zero-order chi connectivity index (χ0) is 10.5. The molecule has 1 saturated heterocycles. The lowest BCUT2D eigenvalue weighted by atomic mass is 10.2. The van der Waals surface area contributed by atoms with Crippen LogP contribution in [0, 0.1) is 0 Å². The average Bonchev–Trinajstić information content (AvgIpc) is 2.31. The Bertz CT molecular complexity index is 289. The summed E-state index contributed by atoms with van der Waals surface area (Å²) in [4.78, 5) is 2.42. The molecule has 0 spiro atoms. The molecule has 0 aliphatic carbocycles. The van der Waals surface area contributed by atoms with E-state index in [4.69, 9.17) is 4.74 Å². The van der Waals surface area contributed by atoms with Crippen LogP contribution in [0.2, 0.25) is 0 Å². The van der Waals surface area contributed by atoms with E-state index >= 15 is 0 Å². The summed E-state index contributed by atoms with van der Waals surface area (Å²) in [6.45, 7) is 4.08. The van der Waals surface area contributed by atoms with Crippen LogP contribution in [-0.4, -0.2) is 37.9 Å². The highest BCUT2D eigenvalue weighted by Gasteiger charge is 2.18. The summed E-state index contributed by atoms with van der Waals surface area (Å²) in [6, 6.07) is 10.6. The van der Waals surface area contributed by atoms with E-state index in [9.17, 15) is 0 Å². The third-order valence-electron chi connectivity index (χ3n) is 2.76. The van der Waals surface area contributed by atoms with Crippen LogP contribution in [0.5, 0.6) is 0 Å². The van der Waals surface area contributed by atoms with Crippen LogP contribution in [0.1, 0.15) is 5.56 Å². The van der Waals surface area contributed by atoms with Gasteiger partial charge in [-0.25, -0.2) is 0 Å². The molecule has 1 N–H and O–H groups in total. The molecule has 1 aromatic rings. The minimum atomic E-state index is 0.183. The number of hydrogen-bond donors (Lipinski definition) is 1. The van der Waals surface area contributed by atoms with Gasteiger partial charge in [-0.2, -0.15) is 0 Å². The van der Waals surface area contributed by atoms with Crippen molar-refractivity contribution in [3.63, 3.8) is 0 Å². The Morgan fingerprint density at radius 1 is 1.40 bits per heavy atom. The van der Waals surface area contributed by atoms with E-state index < -0.39 is 0 Å². The van der Waals surface area contributed by atoms with E-state index in [0.717, 1.165) is 26.2 Å². The number of rotatable bonds is 3. The molecular weight excluding hydrogens is 188 g/mol. The van der Waals surface area contributed by atoms with Gasteiger partial charge in [0.1, 0.15) is 6.23 Å². The van der Waals surface area contributed by atoms with Crippen LogP contribution in [0.3, 0.4) is 0 Å². The normalized spacial score (nSPS) is 22.9. The summed E-state index contributed by atoms with van der Waals surface area (Å²) in [7, 11) is 1.75. The number of hydrogen-bond acceptors (Lipinski definition) is 3. The van der Waals surface area contributed by atoms with Gasteiger partial charge in [0.15, 0.2) is 0 Å². The van der Waals surface area contributed by atoms with Gasteiger partial charge in [-0.3, -0.25) is 10.2 Å². The Morgan fingerprint density at radius 2 is 2.20 bits per heavy atom. The molecule has 1 atom stereocenters. The van der Waals surface area contributed by atoms with Gasteiger partial charge in [0.25, 0.3) is 0 Å². The number of methoxy groups -OCH3 is 1. The van der Waals surface area contributed by atoms with E-state index in [0.29, 0.717) is 0 Å². The molecule has 1 heterocycles. The third-order valence-corrected chi connectivity index (χ3v) is 2.76. The molecule has 0 aromatic heterocycles. The predicted molar refractivity (Wildman–Crippen MR) is 60.5 cm³/mol. The molecule has 0 radical (unpaired) electrons. The molecular formula is C12H18N2O. The summed E-state index contributed by atoms with van der Waals surface area (Å²) in [5, 5.41) is 3.32. The second-order valence-corrected chi connectivity index (χ2v) is 3.90. The highest BCUT2D eigenvalue weighted by atomic mass is 16.5. The molecule has 0 saturated carbocycles. The molecule has 82 valence electrons. The van der Waals surface area contributed by atoms with Gasteiger partial charge < -0.3 is 4.74 Å². The van der Waals surface area contributed by atoms with Gasteiger partial charge in [0, 0.05) is 33.3 Å². The second kappa shape index (κ2) is 5.26. The number of nitrogens with zero attached hydrogens (tertiary/aromatic N) is 1. The molecule has 3 heteroatoms. The second-order valence-electron chi connectivity index (χ2n) is 3.90. The van der Waals surface area contributed by atoms with Crippen molar-refractivity contribution in [2.24, 2.45) is 0 Å². The lowest BCUT2D eigenvalue weighted by molar-refractivity contribution is 0.0135. The summed E-state index contributed by atoms with van der Waals surface area (Å²) < 4.78 is 5.31. The van der Waals surface area contributed by atoms with E-state index in [1.165, 1.54) is 5.56 Å². The first-order valence-corrected chi connectivity index (χ1v) is 5.41. The Morgan fingerprint density at radius 3 is 2.93 bits per heavy atom. The van der Waals surface area contributed by atoms with Gasteiger partial charge in [-0.15, -0.1) is 0 Å². The maximum absolute atomic E-state index is 5.31. The molecule has 2 rings (SSSR count). The van der Waals surface area contributed by atoms with Crippen LogP contribution < -0.4 is 5.32 Å². The summed E-state index contributed by atoms with van der Waals surface area (Å²) in [5.74, 6) is 0. The molecule has 0 amide bonds. The van der Waals surface area contributed by atoms with Gasteiger partial charge in [-0.1, -0.05) is 30.3 Å². The molecule has 1 aliphatic rings. The number of nitrogens with one attached hydrogen (secondary N) is 1. The average molecular weight is 206 g/mol. The summed E-state index contributed by atoms with van der Waals surface area (Å²) >= 11 is 0. The SMILES string of the molecule is COC1CN(Cc2ccccc2)CCN1. The lowest BCUT2D eigenvalue weighted by Gasteiger charge is -2.32. The molecule has 1 aliphatic heterocycles. The van der Waals surface area contributed by atoms with Crippen LogP contribution in [-0.2, 0) is 11.3 Å². The van der Waals surface area contributed by atoms with Crippen LogP contribution in [0.4, 0.5) is 0 Å². The Kier molecular flexibility index (Phi) is 3.72. The zero-order valence-corrected chi connectivity index (χ0v) is 9.15. The third kappa shape index (κ3) is 3.02. The van der Waals surface area contributed by atoms with Crippen LogP contribution in [0.25, 0.3) is 0 Å². The van der Waals surface area contributed by atoms with Gasteiger partial charge >= 0.3 is 0 Å². The molecule has 15 heavy (non-hydrogen) atoms. The lowest BCUT2D eigenvalue weighted by Crippen LogP contribution is -2.50. The first kappa shape index (κ1) is 10.6. The van der Waals surface area contributed by atoms with Crippen molar-refractivity contribution in [2.75, 3.05) is 26.7 Å². The van der Waals surface area contributed by atoms with Crippen LogP contribution in [0.15, 0.2) is 30.3 Å². The highest BCUT2D eigenvalue weighted by molar-refractivity contribution is 5.14. The largest absolute Gasteiger partial charge is 0.365 e. The maximum atomic E-state index is 5.31. The van der Waals surface area contributed by atoms with E-state index in [1.54, 1.807) is 7.11 Å². The number of piperazine rings is 1. The van der Waals surface area contributed by atoms with Gasteiger partial charge in [0.2, 0.25) is 0 Å². The molecule has 1 aromatic carbocycles. The van der Waals surface area contributed by atoms with Crippen molar-refractivity contribution in [3.8, 4) is 0 Å². The summed E-state index contributed by atoms with van der Waals surface area (Å²) in [6.07, 6.45) is 0.183. The van der Waals surface area contributed by atoms with Crippen molar-refractivity contribution >= 4 is 0 Å². The van der Waals surface area contributed by atoms with Crippen molar-refractivity contribution < 1.29 is 4.74 Å². The Labute approximate surface area is 91.0 Å². The first-order valence-electron chi connectivity index (χ1n) is 5.41. The Balaban J connectivity index is 1.89. The minimum Gasteiger partial charge on any atom is -0.365 e. The van der Waals surface area contributed by atoms with Crippen molar-refractivity contribution in [2.45, 2.75) is 12.8 Å². The van der Waals surface area contributed by atoms with Crippen LogP contribution >= 0.6 is 0 Å². The maximum Gasteiger partial charge on any atom is 0.120 e. The smallest absolute Gasteiger partial charge is 0.120 e. The van der Waals surface area contributed by atoms with Gasteiger partial charge in [0.05, 0.1) is 0 Å². The monoisotopic (exact) mass is 206 g/mol. The molecule has 1 unspecified atom stereocenters. The molecule has 0 bridgehead atoms. The quantitative estimate of drug-likeness (QED) is 0.800. The number of benzene rings is 1. The van der Waals surface area contributed by atoms with E-state index in [2.05, 4.69) is 40.5 Å². The van der Waals surface area contributed by atoms with E-state index in [1.807, 2.05) is 0 Å². The number of ether oxygens (including phenoxy) is 1. The topological polar surface area (TPSA) is 24.5 Å². The Hall–Kier alpha value is -0.900. The standard InChI is InChI=1S/C12H18N2O/c1-15-12-10-14(8-7-13-12)9-11-5-3-2-4-6-11/h2-6,12-13H,7-10H2,1H3. The fraction of sp³-hybridized carbons (Fsp3) is 0.500. The van der Waals surface area contributed by atoms with Crippen molar-refractivity contribution in [1.82, 2.24) is 10.2 Å². The first-order chi connectivity index (χ1) is 7.38. The molecule has 3 nitrogen and oxygen atoms in total. The van der Waals surface area contributed by atoms with Crippen molar-refractivity contribution in [3.05, 3.63) is 35.9 Å².